The molecule has 134 valence electrons. The quantitative estimate of drug-likeness (QED) is 0.568. The number of carbonyl (C=O) groups excluding carboxylic acids is 1. The van der Waals surface area contributed by atoms with E-state index in [9.17, 15) is 9.36 Å². The normalized spacial score (nSPS) is 11.4. The molecule has 0 unspecified atom stereocenters. The number of carbonyl (C=O) groups is 1. The molecule has 3 aromatic rings. The van der Waals surface area contributed by atoms with Gasteiger partial charge in [0.15, 0.2) is 0 Å². The summed E-state index contributed by atoms with van der Waals surface area (Å²) in [6.07, 6.45) is 0. The summed E-state index contributed by atoms with van der Waals surface area (Å²) in [5.74, 6) is -0.765. The zero-order valence-electron chi connectivity index (χ0n) is 13.6. The van der Waals surface area contributed by atoms with Gasteiger partial charge in [-0.2, -0.15) is 0 Å². The molecule has 3 N–H and O–H groups in total. The number of fused-ring (bicyclic) bond motifs is 1. The minimum Gasteiger partial charge on any atom is -0.403 e. The summed E-state index contributed by atoms with van der Waals surface area (Å²) >= 11 is 5.96. The highest BCUT2D eigenvalue weighted by atomic mass is 35.5. The second kappa shape index (κ2) is 7.09. The minimum atomic E-state index is -4.83. The van der Waals surface area contributed by atoms with Crippen LogP contribution in [0.3, 0.4) is 0 Å². The first-order chi connectivity index (χ1) is 12.2. The number of aryl methyl sites for hydroxylation is 1. The highest BCUT2D eigenvalue weighted by Gasteiger charge is 2.22. The fourth-order valence-corrected chi connectivity index (χ4v) is 3.10. The molecular weight excluding hydrogens is 377 g/mol. The van der Waals surface area contributed by atoms with Crippen molar-refractivity contribution in [1.29, 1.82) is 0 Å². The Morgan fingerprint density at radius 2 is 1.73 bits per heavy atom. The Morgan fingerprint density at radius 3 is 2.38 bits per heavy atom. The Kier molecular flexibility index (Phi) is 5.03. The van der Waals surface area contributed by atoms with E-state index >= 15 is 0 Å². The predicted molar refractivity (Wildman–Crippen MR) is 101 cm³/mol. The maximum absolute atomic E-state index is 12.7. The number of hydrogen-bond donors (Lipinski definition) is 3. The highest BCUT2D eigenvalue weighted by molar-refractivity contribution is 7.46. The van der Waals surface area contributed by atoms with Crippen molar-refractivity contribution in [2.45, 2.75) is 6.92 Å². The van der Waals surface area contributed by atoms with Crippen molar-refractivity contribution >= 4 is 41.8 Å². The van der Waals surface area contributed by atoms with Gasteiger partial charge in [-0.25, -0.2) is 4.57 Å². The zero-order chi connectivity index (χ0) is 18.9. The fraction of sp³-hybridized carbons (Fsp3) is 0.0556. The van der Waals surface area contributed by atoms with E-state index in [4.69, 9.17) is 25.9 Å². The molecule has 0 saturated heterocycles. The number of phosphoric acid groups is 1. The van der Waals surface area contributed by atoms with E-state index in [0.717, 1.165) is 10.9 Å². The van der Waals surface area contributed by atoms with Crippen LogP contribution in [0.5, 0.6) is 5.75 Å². The number of anilines is 1. The molecule has 0 aromatic heterocycles. The molecule has 0 fully saturated rings. The lowest BCUT2D eigenvalue weighted by Gasteiger charge is -2.14. The molecule has 8 heteroatoms. The molecule has 0 atom stereocenters. The number of halogens is 1. The summed E-state index contributed by atoms with van der Waals surface area (Å²) in [7, 11) is -4.83. The van der Waals surface area contributed by atoms with Crippen LogP contribution in [0.1, 0.15) is 15.9 Å². The Balaban J connectivity index is 2.06. The van der Waals surface area contributed by atoms with Crippen LogP contribution < -0.4 is 9.84 Å². The van der Waals surface area contributed by atoms with Crippen LogP contribution in [0.15, 0.2) is 54.6 Å². The lowest BCUT2D eigenvalue weighted by Crippen LogP contribution is -2.14. The molecule has 0 aliphatic rings. The van der Waals surface area contributed by atoms with Crippen molar-refractivity contribution in [2.75, 3.05) is 5.32 Å². The molecule has 0 aliphatic carbocycles. The van der Waals surface area contributed by atoms with Crippen LogP contribution in [-0.4, -0.2) is 15.7 Å². The first-order valence-corrected chi connectivity index (χ1v) is 9.49. The van der Waals surface area contributed by atoms with Gasteiger partial charge >= 0.3 is 7.82 Å². The van der Waals surface area contributed by atoms with Gasteiger partial charge in [0.1, 0.15) is 5.75 Å². The molecule has 3 rings (SSSR count). The summed E-state index contributed by atoms with van der Waals surface area (Å²) < 4.78 is 16.0. The van der Waals surface area contributed by atoms with Crippen molar-refractivity contribution in [3.05, 3.63) is 70.7 Å². The predicted octanol–water partition coefficient (Wildman–Crippen LogP) is 4.53. The molecule has 0 bridgehead atoms. The van der Waals surface area contributed by atoms with E-state index in [-0.39, 0.29) is 11.3 Å². The molecule has 3 aromatic carbocycles. The van der Waals surface area contributed by atoms with Gasteiger partial charge < -0.3 is 9.84 Å². The number of nitrogens with one attached hydrogen (secondary N) is 1. The van der Waals surface area contributed by atoms with Crippen molar-refractivity contribution in [1.82, 2.24) is 0 Å². The monoisotopic (exact) mass is 391 g/mol. The zero-order valence-corrected chi connectivity index (χ0v) is 15.3. The molecule has 0 radical (unpaired) electrons. The van der Waals surface area contributed by atoms with Crippen molar-refractivity contribution < 1.29 is 23.7 Å². The van der Waals surface area contributed by atoms with E-state index in [0.29, 0.717) is 16.1 Å². The van der Waals surface area contributed by atoms with Gasteiger partial charge in [0.05, 0.1) is 5.56 Å². The SMILES string of the molecule is Cc1ccc(Cl)cc1NC(=O)c1cc2ccccc2cc1OP(=O)(O)O. The number of hydrogen-bond acceptors (Lipinski definition) is 3. The first kappa shape index (κ1) is 18.4. The van der Waals surface area contributed by atoms with Gasteiger partial charge in [-0.05, 0) is 47.5 Å². The van der Waals surface area contributed by atoms with Crippen LogP contribution in [0.4, 0.5) is 5.69 Å². The molecule has 0 saturated carbocycles. The van der Waals surface area contributed by atoms with Crippen molar-refractivity contribution in [2.24, 2.45) is 0 Å². The third kappa shape index (κ3) is 4.23. The summed E-state index contributed by atoms with van der Waals surface area (Å²) in [5, 5.41) is 4.58. The summed E-state index contributed by atoms with van der Waals surface area (Å²) in [5.41, 5.74) is 1.30. The van der Waals surface area contributed by atoms with Crippen LogP contribution in [0.25, 0.3) is 10.8 Å². The van der Waals surface area contributed by atoms with E-state index in [1.807, 2.05) is 0 Å². The summed E-state index contributed by atoms with van der Waals surface area (Å²) in [6.45, 7) is 1.80. The summed E-state index contributed by atoms with van der Waals surface area (Å²) in [4.78, 5) is 31.1. The Hall–Kier alpha value is -2.37. The van der Waals surface area contributed by atoms with Gasteiger partial charge in [0, 0.05) is 10.7 Å². The van der Waals surface area contributed by atoms with Crippen molar-refractivity contribution in [3.63, 3.8) is 0 Å². The van der Waals surface area contributed by atoms with E-state index in [2.05, 4.69) is 5.32 Å². The highest BCUT2D eigenvalue weighted by Crippen LogP contribution is 2.40. The fourth-order valence-electron chi connectivity index (χ4n) is 2.52. The van der Waals surface area contributed by atoms with E-state index < -0.39 is 13.7 Å². The van der Waals surface area contributed by atoms with Crippen LogP contribution in [-0.2, 0) is 4.57 Å². The molecule has 6 nitrogen and oxygen atoms in total. The molecule has 0 spiro atoms. The Morgan fingerprint density at radius 1 is 1.08 bits per heavy atom. The molecular formula is C18H15ClNO5P. The molecule has 0 heterocycles. The maximum Gasteiger partial charge on any atom is 0.524 e. The maximum atomic E-state index is 12.7. The smallest absolute Gasteiger partial charge is 0.403 e. The minimum absolute atomic E-state index is 0.00593. The van der Waals surface area contributed by atoms with Crippen LogP contribution >= 0.6 is 19.4 Å². The van der Waals surface area contributed by atoms with E-state index in [1.54, 1.807) is 49.4 Å². The lowest BCUT2D eigenvalue weighted by atomic mass is 10.1. The standard InChI is InChI=1S/C18H15ClNO5P/c1-11-6-7-14(19)10-16(11)20-18(21)15-8-12-4-2-3-5-13(12)9-17(15)25-26(22,23)24/h2-10H,1H3,(H,20,21)(H2,22,23,24). The third-order valence-corrected chi connectivity index (χ3v) is 4.43. The molecule has 0 aliphatic heterocycles. The topological polar surface area (TPSA) is 95.9 Å². The van der Waals surface area contributed by atoms with Gasteiger partial charge in [0.2, 0.25) is 0 Å². The van der Waals surface area contributed by atoms with Crippen molar-refractivity contribution in [3.8, 4) is 5.75 Å². The Bertz CT molecular complexity index is 1050. The molecule has 1 amide bonds. The van der Waals surface area contributed by atoms with Crippen LogP contribution in [0, 0.1) is 6.92 Å². The van der Waals surface area contributed by atoms with Gasteiger partial charge in [-0.3, -0.25) is 14.6 Å². The van der Waals surface area contributed by atoms with E-state index in [1.165, 1.54) is 12.1 Å². The lowest BCUT2D eigenvalue weighted by molar-refractivity contribution is 0.102. The average Bonchev–Trinajstić information content (AvgIpc) is 2.56. The second-order valence-electron chi connectivity index (χ2n) is 5.69. The Labute approximate surface area is 154 Å². The number of amides is 1. The number of phosphoric ester groups is 1. The average molecular weight is 392 g/mol. The van der Waals surface area contributed by atoms with Gasteiger partial charge in [-0.15, -0.1) is 0 Å². The first-order valence-electron chi connectivity index (χ1n) is 7.58. The molecule has 26 heavy (non-hydrogen) atoms. The second-order valence-corrected chi connectivity index (χ2v) is 7.29. The van der Waals surface area contributed by atoms with Gasteiger partial charge in [0.25, 0.3) is 5.91 Å². The van der Waals surface area contributed by atoms with Crippen LogP contribution in [0.2, 0.25) is 5.02 Å². The third-order valence-electron chi connectivity index (χ3n) is 3.76. The largest absolute Gasteiger partial charge is 0.524 e. The number of rotatable bonds is 4. The number of benzene rings is 3. The summed E-state index contributed by atoms with van der Waals surface area (Å²) in [6, 6.07) is 15.1. The van der Waals surface area contributed by atoms with Gasteiger partial charge in [-0.1, -0.05) is 41.9 Å².